The van der Waals surface area contributed by atoms with Crippen LogP contribution in [-0.4, -0.2) is 118 Å². The zero-order chi connectivity index (χ0) is 33.9. The van der Waals surface area contributed by atoms with E-state index < -0.39 is 6.10 Å². The average molecular weight is 672 g/mol. The summed E-state index contributed by atoms with van der Waals surface area (Å²) in [5.41, 5.74) is 3.02. The Labute approximate surface area is 278 Å². The molecule has 48 heavy (non-hydrogen) atoms. The van der Waals surface area contributed by atoms with Gasteiger partial charge in [-0.3, -0.25) is 20.0 Å². The number of piperidine rings is 1. The van der Waals surface area contributed by atoms with Gasteiger partial charge in [0.1, 0.15) is 24.2 Å². The van der Waals surface area contributed by atoms with E-state index >= 15 is 0 Å². The Balaban J connectivity index is 1.37. The number of aliphatic hydroxyl groups excluding tert-OH is 1. The fraction of sp³-hybridized carbons (Fsp3) is 0.562. The number of hydrogen-bond acceptors (Lipinski definition) is 14. The first kappa shape index (κ1) is 35.4. The molecular weight excluding hydrogens is 626 g/mol. The number of amides is 1. The number of carbonyl (C=O) groups excluding carboxylic acids is 1. The molecule has 16 heteroatoms. The number of fused-ring (bicyclic) bond motifs is 1. The van der Waals surface area contributed by atoms with Gasteiger partial charge in [0.25, 0.3) is 0 Å². The molecule has 0 radical (unpaired) electrons. The van der Waals surface area contributed by atoms with Gasteiger partial charge in [0.05, 0.1) is 44.0 Å². The van der Waals surface area contributed by atoms with Crippen LogP contribution >= 0.6 is 0 Å². The molecule has 262 valence electrons. The SMILES string of the molecule is COCCCN1CCOc2ccc(COC3CN(C(=O)CCCON(O)O)C(CC(O)c4nn[nH]n4)CC3c3ccc(OC)cc3)cc21. The van der Waals surface area contributed by atoms with Crippen molar-refractivity contribution in [3.63, 3.8) is 0 Å². The molecule has 16 nitrogen and oxygen atoms in total. The van der Waals surface area contributed by atoms with Gasteiger partial charge in [-0.05, 0) is 54.7 Å². The minimum absolute atomic E-state index is 0.0678. The maximum Gasteiger partial charge on any atom is 0.222 e. The van der Waals surface area contributed by atoms with Crippen LogP contribution in [0.3, 0.4) is 0 Å². The number of rotatable bonds is 17. The van der Waals surface area contributed by atoms with Crippen LogP contribution in [-0.2, 0) is 25.7 Å². The van der Waals surface area contributed by atoms with Crippen LogP contribution in [0, 0.1) is 0 Å². The number of aliphatic hydroxyl groups is 1. The molecule has 2 aliphatic heterocycles. The van der Waals surface area contributed by atoms with E-state index in [9.17, 15) is 9.90 Å². The molecule has 1 saturated heterocycles. The lowest BCUT2D eigenvalue weighted by atomic mass is 9.81. The van der Waals surface area contributed by atoms with Crippen LogP contribution in [0.25, 0.3) is 0 Å². The number of benzene rings is 2. The molecule has 0 aliphatic carbocycles. The molecule has 2 aliphatic rings. The Morgan fingerprint density at radius 3 is 2.71 bits per heavy atom. The lowest BCUT2D eigenvalue weighted by Crippen LogP contribution is -2.53. The van der Waals surface area contributed by atoms with Crippen LogP contribution in [0.15, 0.2) is 42.5 Å². The summed E-state index contributed by atoms with van der Waals surface area (Å²) in [6.45, 7) is 3.46. The number of likely N-dealkylation sites (tertiary alicyclic amines) is 1. The van der Waals surface area contributed by atoms with Gasteiger partial charge in [0.15, 0.2) is 0 Å². The first-order chi connectivity index (χ1) is 23.4. The molecule has 1 aromatic heterocycles. The molecular formula is C32H45N7O9. The van der Waals surface area contributed by atoms with Gasteiger partial charge in [0.2, 0.25) is 11.7 Å². The summed E-state index contributed by atoms with van der Waals surface area (Å²) >= 11 is 0. The van der Waals surface area contributed by atoms with Crippen molar-refractivity contribution in [3.05, 3.63) is 59.4 Å². The third-order valence-corrected chi connectivity index (χ3v) is 8.78. The van der Waals surface area contributed by atoms with E-state index in [4.69, 9.17) is 29.4 Å². The van der Waals surface area contributed by atoms with E-state index in [0.717, 1.165) is 47.8 Å². The predicted molar refractivity (Wildman–Crippen MR) is 169 cm³/mol. The van der Waals surface area contributed by atoms with Crippen molar-refractivity contribution in [3.8, 4) is 11.5 Å². The number of H-pyrrole nitrogens is 1. The Morgan fingerprint density at radius 2 is 1.98 bits per heavy atom. The molecule has 0 bridgehead atoms. The molecule has 4 unspecified atom stereocenters. The highest BCUT2D eigenvalue weighted by Crippen LogP contribution is 2.39. The Bertz CT molecular complexity index is 1410. The van der Waals surface area contributed by atoms with Crippen LogP contribution in [0.5, 0.6) is 11.5 Å². The van der Waals surface area contributed by atoms with Crippen LogP contribution in [0.2, 0.25) is 0 Å². The Hall–Kier alpha value is -3.90. The second kappa shape index (κ2) is 17.5. The number of aromatic amines is 1. The zero-order valence-corrected chi connectivity index (χ0v) is 27.3. The average Bonchev–Trinajstić information content (AvgIpc) is 3.65. The molecule has 4 N–H and O–H groups in total. The summed E-state index contributed by atoms with van der Waals surface area (Å²) < 4.78 is 23.2. The van der Waals surface area contributed by atoms with E-state index in [2.05, 4.69) is 36.4 Å². The van der Waals surface area contributed by atoms with Crippen LogP contribution in [0.4, 0.5) is 5.69 Å². The van der Waals surface area contributed by atoms with Gasteiger partial charge in [-0.2, -0.15) is 5.21 Å². The van der Waals surface area contributed by atoms with Gasteiger partial charge >= 0.3 is 0 Å². The van der Waals surface area contributed by atoms with E-state index in [-0.39, 0.29) is 67.6 Å². The van der Waals surface area contributed by atoms with Gasteiger partial charge in [-0.1, -0.05) is 23.4 Å². The summed E-state index contributed by atoms with van der Waals surface area (Å²) in [6, 6.07) is 13.5. The summed E-state index contributed by atoms with van der Waals surface area (Å²) in [7, 11) is 3.32. The molecule has 2 aromatic carbocycles. The monoisotopic (exact) mass is 671 g/mol. The molecule has 1 fully saturated rings. The summed E-state index contributed by atoms with van der Waals surface area (Å²) in [4.78, 5) is 22.4. The molecule has 5 rings (SSSR count). The maximum absolute atomic E-state index is 13.7. The first-order valence-corrected chi connectivity index (χ1v) is 16.1. The van der Waals surface area contributed by atoms with Crippen molar-refractivity contribution < 1.29 is 44.1 Å². The number of hydrogen-bond donors (Lipinski definition) is 4. The number of ether oxygens (including phenoxy) is 4. The van der Waals surface area contributed by atoms with Crippen molar-refractivity contribution >= 4 is 11.6 Å². The third-order valence-electron chi connectivity index (χ3n) is 8.78. The number of methoxy groups -OCH3 is 2. The zero-order valence-electron chi connectivity index (χ0n) is 27.3. The van der Waals surface area contributed by atoms with Gasteiger partial charge < -0.3 is 33.9 Å². The predicted octanol–water partition coefficient (Wildman–Crippen LogP) is 2.63. The van der Waals surface area contributed by atoms with Crippen LogP contribution < -0.4 is 14.4 Å². The number of nitrogens with one attached hydrogen (secondary N) is 1. The number of aromatic nitrogens is 4. The van der Waals surface area contributed by atoms with E-state index in [0.29, 0.717) is 26.2 Å². The van der Waals surface area contributed by atoms with E-state index in [1.807, 2.05) is 36.4 Å². The molecule has 0 saturated carbocycles. The number of tetrazole rings is 1. The van der Waals surface area contributed by atoms with Gasteiger partial charge in [-0.25, -0.2) is 0 Å². The molecule has 3 heterocycles. The molecule has 1 amide bonds. The minimum Gasteiger partial charge on any atom is -0.497 e. The maximum atomic E-state index is 13.7. The van der Waals surface area contributed by atoms with E-state index in [1.165, 1.54) is 0 Å². The second-order valence-electron chi connectivity index (χ2n) is 11.9. The number of carbonyl (C=O) groups is 1. The minimum atomic E-state index is -1.05. The molecule has 3 aromatic rings. The highest BCUT2D eigenvalue weighted by Gasteiger charge is 2.40. The Kier molecular flexibility index (Phi) is 12.9. The van der Waals surface area contributed by atoms with Gasteiger partial charge in [0, 0.05) is 51.6 Å². The largest absolute Gasteiger partial charge is 0.497 e. The standard InChI is InChI=1S/C32H45N7O9/c1-44-14-4-12-37-13-16-46-29-11-6-22(17-27(29)37)21-47-30-20-38(31(41)5-3-15-48-39(42)43)24(19-28(40)32-33-35-36-34-32)18-26(30)23-7-9-25(45-2)10-8-23/h6-11,17,24,26,28,30,40,42-43H,3-5,12-16,18-21H2,1-2H3,(H,33,34,35,36). The lowest BCUT2D eigenvalue weighted by molar-refractivity contribution is -0.492. The number of nitrogens with zero attached hydrogens (tertiary/aromatic N) is 6. The quantitative estimate of drug-likeness (QED) is 0.121. The van der Waals surface area contributed by atoms with Crippen molar-refractivity contribution in [2.75, 3.05) is 58.6 Å². The highest BCUT2D eigenvalue weighted by atomic mass is 17.1. The van der Waals surface area contributed by atoms with Crippen molar-refractivity contribution in [1.29, 1.82) is 0 Å². The normalized spacial score (nSPS) is 20.0. The lowest BCUT2D eigenvalue weighted by Gasteiger charge is -2.45. The highest BCUT2D eigenvalue weighted by molar-refractivity contribution is 5.76. The first-order valence-electron chi connectivity index (χ1n) is 16.1. The van der Waals surface area contributed by atoms with Crippen molar-refractivity contribution in [2.45, 2.75) is 62.9 Å². The number of anilines is 1. The topological polar surface area (TPSA) is 188 Å². The van der Waals surface area contributed by atoms with Gasteiger partial charge in [-0.15, -0.1) is 10.2 Å². The summed E-state index contributed by atoms with van der Waals surface area (Å²) in [5.74, 6) is 1.42. The Morgan fingerprint density at radius 1 is 1.15 bits per heavy atom. The second-order valence-corrected chi connectivity index (χ2v) is 11.9. The third kappa shape index (κ3) is 9.37. The van der Waals surface area contributed by atoms with E-state index in [1.54, 1.807) is 19.1 Å². The van der Waals surface area contributed by atoms with Crippen molar-refractivity contribution in [2.24, 2.45) is 0 Å². The fourth-order valence-corrected chi connectivity index (χ4v) is 6.37. The van der Waals surface area contributed by atoms with Crippen molar-refractivity contribution in [1.82, 2.24) is 30.9 Å². The van der Waals surface area contributed by atoms with Crippen LogP contribution in [0.1, 0.15) is 61.1 Å². The fourth-order valence-electron chi connectivity index (χ4n) is 6.37. The molecule has 0 spiro atoms. The smallest absolute Gasteiger partial charge is 0.222 e. The molecule has 4 atom stereocenters. The summed E-state index contributed by atoms with van der Waals surface area (Å²) in [6.07, 6.45) is 0.493. The summed E-state index contributed by atoms with van der Waals surface area (Å²) in [5, 5.41) is 42.2.